The van der Waals surface area contributed by atoms with Gasteiger partial charge in [0.05, 0.1) is 6.10 Å². The maximum absolute atomic E-state index is 11.5. The van der Waals surface area contributed by atoms with Crippen molar-refractivity contribution in [1.82, 2.24) is 5.32 Å². The minimum absolute atomic E-state index is 0.184. The first-order chi connectivity index (χ1) is 6.87. The first-order valence-electron chi connectivity index (χ1n) is 5.48. The lowest BCUT2D eigenvalue weighted by atomic mass is 10.0. The summed E-state index contributed by atoms with van der Waals surface area (Å²) in [6.45, 7) is 8.31. The van der Waals surface area contributed by atoms with Crippen molar-refractivity contribution in [3.8, 4) is 0 Å². The Labute approximate surface area is 91.3 Å². The largest absolute Gasteiger partial charge is 0.444 e. The molecule has 1 rings (SSSR count). The van der Waals surface area contributed by atoms with Crippen LogP contribution in [0.5, 0.6) is 0 Å². The van der Waals surface area contributed by atoms with Gasteiger partial charge in [-0.1, -0.05) is 0 Å². The van der Waals surface area contributed by atoms with Crippen molar-refractivity contribution in [2.75, 3.05) is 6.61 Å². The van der Waals surface area contributed by atoms with E-state index in [9.17, 15) is 4.79 Å². The predicted molar refractivity (Wildman–Crippen MR) is 57.8 cm³/mol. The maximum Gasteiger partial charge on any atom is 0.407 e. The summed E-state index contributed by atoms with van der Waals surface area (Å²) >= 11 is 0. The van der Waals surface area contributed by atoms with Crippen LogP contribution in [0.25, 0.3) is 0 Å². The van der Waals surface area contributed by atoms with E-state index in [-0.39, 0.29) is 18.2 Å². The lowest BCUT2D eigenvalue weighted by Gasteiger charge is -2.29. The van der Waals surface area contributed by atoms with Crippen LogP contribution in [-0.4, -0.2) is 30.4 Å². The summed E-state index contributed by atoms with van der Waals surface area (Å²) in [5, 5.41) is 2.86. The molecule has 0 bridgehead atoms. The number of rotatable bonds is 1. The molecule has 1 amide bonds. The van der Waals surface area contributed by atoms with E-state index in [1.54, 1.807) is 0 Å². The van der Waals surface area contributed by atoms with Crippen LogP contribution < -0.4 is 5.32 Å². The topological polar surface area (TPSA) is 47.6 Å². The Morgan fingerprint density at radius 2 is 2.13 bits per heavy atom. The van der Waals surface area contributed by atoms with Gasteiger partial charge in [0, 0.05) is 12.6 Å². The van der Waals surface area contributed by atoms with Crippen LogP contribution in [0, 0.1) is 0 Å². The van der Waals surface area contributed by atoms with E-state index < -0.39 is 5.60 Å². The Bertz CT molecular complexity index is 222. The molecule has 15 heavy (non-hydrogen) atoms. The molecule has 1 fully saturated rings. The average molecular weight is 215 g/mol. The molecule has 1 aliphatic heterocycles. The van der Waals surface area contributed by atoms with Gasteiger partial charge in [-0.15, -0.1) is 0 Å². The molecule has 2 unspecified atom stereocenters. The smallest absolute Gasteiger partial charge is 0.407 e. The minimum atomic E-state index is -0.430. The number of carbonyl (C=O) groups is 1. The van der Waals surface area contributed by atoms with Crippen molar-refractivity contribution in [3.63, 3.8) is 0 Å². The fourth-order valence-corrected chi connectivity index (χ4v) is 1.60. The summed E-state index contributed by atoms with van der Waals surface area (Å²) in [4.78, 5) is 11.5. The van der Waals surface area contributed by atoms with Gasteiger partial charge >= 0.3 is 6.09 Å². The zero-order valence-electron chi connectivity index (χ0n) is 10.0. The maximum atomic E-state index is 11.5. The highest BCUT2D eigenvalue weighted by molar-refractivity contribution is 5.68. The summed E-state index contributed by atoms with van der Waals surface area (Å²) in [7, 11) is 0. The third kappa shape index (κ3) is 5.02. The molecule has 0 spiro atoms. The number of hydrogen-bond acceptors (Lipinski definition) is 3. The quantitative estimate of drug-likeness (QED) is 0.728. The van der Waals surface area contributed by atoms with Crippen LogP contribution in [0.4, 0.5) is 4.79 Å². The Morgan fingerprint density at radius 1 is 1.47 bits per heavy atom. The average Bonchev–Trinajstić information content (AvgIpc) is 1.99. The summed E-state index contributed by atoms with van der Waals surface area (Å²) < 4.78 is 10.6. The first kappa shape index (κ1) is 12.3. The molecule has 1 N–H and O–H groups in total. The van der Waals surface area contributed by atoms with Gasteiger partial charge < -0.3 is 14.8 Å². The summed E-state index contributed by atoms with van der Waals surface area (Å²) in [6, 6.07) is 0.184. The molecule has 88 valence electrons. The van der Waals surface area contributed by atoms with Gasteiger partial charge in [0.25, 0.3) is 0 Å². The van der Waals surface area contributed by atoms with Crippen LogP contribution in [0.2, 0.25) is 0 Å². The summed E-state index contributed by atoms with van der Waals surface area (Å²) in [5.41, 5.74) is -0.430. The molecule has 0 saturated carbocycles. The van der Waals surface area contributed by atoms with Crippen molar-refractivity contribution in [3.05, 3.63) is 0 Å². The predicted octanol–water partition coefficient (Wildman–Crippen LogP) is 2.08. The second kappa shape index (κ2) is 4.84. The second-order valence-electron chi connectivity index (χ2n) is 5.05. The minimum Gasteiger partial charge on any atom is -0.444 e. The van der Waals surface area contributed by atoms with Gasteiger partial charge in [0.15, 0.2) is 0 Å². The van der Waals surface area contributed by atoms with Crippen LogP contribution in [0.15, 0.2) is 0 Å². The molecular formula is C11H21NO3. The zero-order chi connectivity index (χ0) is 11.5. The lowest BCUT2D eigenvalue weighted by molar-refractivity contribution is 0.00702. The molecule has 1 heterocycles. The standard InChI is InChI=1S/C11H21NO3/c1-8-7-9(5-6-14-8)12-10(13)15-11(2,3)4/h8-9H,5-7H2,1-4H3,(H,12,13). The van der Waals surface area contributed by atoms with Gasteiger partial charge in [-0.05, 0) is 40.5 Å². The summed E-state index contributed by atoms with van der Waals surface area (Å²) in [5.74, 6) is 0. The van der Waals surface area contributed by atoms with E-state index in [4.69, 9.17) is 9.47 Å². The Balaban J connectivity index is 2.31. The van der Waals surface area contributed by atoms with Crippen LogP contribution >= 0.6 is 0 Å². The van der Waals surface area contributed by atoms with Gasteiger partial charge in [-0.2, -0.15) is 0 Å². The van der Waals surface area contributed by atoms with E-state index >= 15 is 0 Å². The van der Waals surface area contributed by atoms with E-state index in [0.717, 1.165) is 12.8 Å². The van der Waals surface area contributed by atoms with E-state index in [2.05, 4.69) is 5.32 Å². The first-order valence-corrected chi connectivity index (χ1v) is 5.48. The number of nitrogens with one attached hydrogen (secondary N) is 1. The van der Waals surface area contributed by atoms with Gasteiger partial charge in [-0.3, -0.25) is 0 Å². The lowest BCUT2D eigenvalue weighted by Crippen LogP contribution is -2.43. The normalized spacial score (nSPS) is 27.2. The third-order valence-corrected chi connectivity index (χ3v) is 2.21. The monoisotopic (exact) mass is 215 g/mol. The highest BCUT2D eigenvalue weighted by Crippen LogP contribution is 2.14. The molecule has 4 heteroatoms. The molecule has 0 aromatic rings. The molecule has 0 aromatic carbocycles. The van der Waals surface area contributed by atoms with Crippen LogP contribution in [0.1, 0.15) is 40.5 Å². The van der Waals surface area contributed by atoms with Gasteiger partial charge in [-0.25, -0.2) is 4.79 Å². The number of ether oxygens (including phenoxy) is 2. The van der Waals surface area contributed by atoms with Gasteiger partial charge in [0.1, 0.15) is 5.60 Å². The number of alkyl carbamates (subject to hydrolysis) is 1. The third-order valence-electron chi connectivity index (χ3n) is 2.21. The van der Waals surface area contributed by atoms with Crippen molar-refractivity contribution in [2.24, 2.45) is 0 Å². The molecule has 2 atom stereocenters. The number of hydrogen-bond donors (Lipinski definition) is 1. The highest BCUT2D eigenvalue weighted by atomic mass is 16.6. The zero-order valence-corrected chi connectivity index (χ0v) is 10.0. The van der Waals surface area contributed by atoms with E-state index in [1.807, 2.05) is 27.7 Å². The number of carbonyl (C=O) groups excluding carboxylic acids is 1. The Hall–Kier alpha value is -0.770. The Kier molecular flexibility index (Phi) is 3.97. The SMILES string of the molecule is CC1CC(NC(=O)OC(C)(C)C)CCO1. The fraction of sp³-hybridized carbons (Fsp3) is 0.909. The van der Waals surface area contributed by atoms with Crippen molar-refractivity contribution in [2.45, 2.75) is 58.3 Å². The fourth-order valence-electron chi connectivity index (χ4n) is 1.60. The summed E-state index contributed by atoms with van der Waals surface area (Å²) in [6.07, 6.45) is 1.61. The van der Waals surface area contributed by atoms with Crippen LogP contribution in [-0.2, 0) is 9.47 Å². The highest BCUT2D eigenvalue weighted by Gasteiger charge is 2.23. The number of amides is 1. The van der Waals surface area contributed by atoms with Crippen LogP contribution in [0.3, 0.4) is 0 Å². The molecular weight excluding hydrogens is 194 g/mol. The molecule has 0 radical (unpaired) electrons. The van der Waals surface area contributed by atoms with Gasteiger partial charge in [0.2, 0.25) is 0 Å². The molecule has 1 saturated heterocycles. The van der Waals surface area contributed by atoms with Crippen molar-refractivity contribution >= 4 is 6.09 Å². The molecule has 1 aliphatic rings. The van der Waals surface area contributed by atoms with E-state index in [1.165, 1.54) is 0 Å². The Morgan fingerprint density at radius 3 is 2.67 bits per heavy atom. The molecule has 0 aliphatic carbocycles. The van der Waals surface area contributed by atoms with Crippen molar-refractivity contribution in [1.29, 1.82) is 0 Å². The molecule has 4 nitrogen and oxygen atoms in total. The van der Waals surface area contributed by atoms with Crippen molar-refractivity contribution < 1.29 is 14.3 Å². The second-order valence-corrected chi connectivity index (χ2v) is 5.05. The van der Waals surface area contributed by atoms with E-state index in [0.29, 0.717) is 6.61 Å². The molecule has 0 aromatic heterocycles.